The molecule has 1 aliphatic rings. The van der Waals surface area contributed by atoms with Crippen molar-refractivity contribution in [1.82, 2.24) is 14.8 Å². The summed E-state index contributed by atoms with van der Waals surface area (Å²) in [6, 6.07) is 0. The number of halogens is 1. The van der Waals surface area contributed by atoms with E-state index in [1.807, 2.05) is 4.57 Å². The topological polar surface area (TPSA) is 39.9 Å². The van der Waals surface area contributed by atoms with Crippen LogP contribution in [-0.4, -0.2) is 27.5 Å². The third kappa shape index (κ3) is 1.97. The lowest BCUT2D eigenvalue weighted by Crippen LogP contribution is -2.40. The summed E-state index contributed by atoms with van der Waals surface area (Å²) in [5, 5.41) is 8.72. The zero-order chi connectivity index (χ0) is 12.8. The molecule has 2 rings (SSSR count). The van der Waals surface area contributed by atoms with Gasteiger partial charge in [-0.05, 0) is 31.9 Å². The normalized spacial score (nSPS) is 29.9. The van der Waals surface area contributed by atoms with Gasteiger partial charge in [0.05, 0.1) is 11.6 Å². The molecule has 17 heavy (non-hydrogen) atoms. The number of aromatic nitrogens is 3. The molecule has 1 aliphatic heterocycles. The fourth-order valence-electron chi connectivity index (χ4n) is 2.32. The molecule has 2 atom stereocenters. The van der Waals surface area contributed by atoms with E-state index < -0.39 is 0 Å². The van der Waals surface area contributed by atoms with E-state index in [0.717, 1.165) is 18.9 Å². The van der Waals surface area contributed by atoms with Gasteiger partial charge < -0.3 is 4.74 Å². The molecule has 0 N–H and O–H groups in total. The van der Waals surface area contributed by atoms with Gasteiger partial charge in [-0.3, -0.25) is 4.57 Å². The van der Waals surface area contributed by atoms with Crippen molar-refractivity contribution in [1.29, 1.82) is 0 Å². The van der Waals surface area contributed by atoms with E-state index in [2.05, 4.69) is 44.8 Å². The lowest BCUT2D eigenvalue weighted by atomic mass is 9.90. The smallest absolute Gasteiger partial charge is 0.225 e. The Morgan fingerprint density at radius 2 is 2.06 bits per heavy atom. The van der Waals surface area contributed by atoms with Gasteiger partial charge in [-0.1, -0.05) is 20.8 Å². The molecule has 0 amide bonds. The van der Waals surface area contributed by atoms with E-state index in [1.165, 1.54) is 0 Å². The van der Waals surface area contributed by atoms with Crippen molar-refractivity contribution in [3.63, 3.8) is 0 Å². The van der Waals surface area contributed by atoms with Crippen LogP contribution < -0.4 is 0 Å². The number of hydrogen-bond donors (Lipinski definition) is 0. The van der Waals surface area contributed by atoms with E-state index in [9.17, 15) is 0 Å². The van der Waals surface area contributed by atoms with Gasteiger partial charge >= 0.3 is 0 Å². The minimum Gasteiger partial charge on any atom is -0.376 e. The molecule has 1 fully saturated rings. The van der Waals surface area contributed by atoms with Gasteiger partial charge in [0.15, 0.2) is 0 Å². The maximum absolute atomic E-state index is 6.22. The number of rotatable bonds is 1. The van der Waals surface area contributed by atoms with Crippen LogP contribution >= 0.6 is 11.6 Å². The van der Waals surface area contributed by atoms with Gasteiger partial charge in [0.25, 0.3) is 0 Å². The number of nitrogens with zero attached hydrogens (tertiary/aromatic N) is 3. The van der Waals surface area contributed by atoms with Crippen LogP contribution in [0.5, 0.6) is 0 Å². The van der Waals surface area contributed by atoms with Crippen LogP contribution in [0, 0.1) is 0 Å². The second-order valence-corrected chi connectivity index (χ2v) is 6.34. The van der Waals surface area contributed by atoms with Crippen LogP contribution in [0.2, 0.25) is 5.28 Å². The van der Waals surface area contributed by atoms with Crippen molar-refractivity contribution in [2.45, 2.75) is 58.1 Å². The lowest BCUT2D eigenvalue weighted by Gasteiger charge is -2.33. The minimum absolute atomic E-state index is 0.0779. The second kappa shape index (κ2) is 3.95. The molecule has 0 saturated carbocycles. The molecule has 0 bridgehead atoms. The Bertz CT molecular complexity index is 424. The third-order valence-electron chi connectivity index (χ3n) is 3.66. The molecule has 96 valence electrons. The first-order valence-corrected chi connectivity index (χ1v) is 6.38. The Labute approximate surface area is 107 Å². The van der Waals surface area contributed by atoms with Crippen LogP contribution in [0.4, 0.5) is 0 Å². The highest BCUT2D eigenvalue weighted by Gasteiger charge is 2.43. The predicted octanol–water partition coefficient (Wildman–Crippen LogP) is 2.75. The summed E-state index contributed by atoms with van der Waals surface area (Å²) in [5.74, 6) is 0.919. The summed E-state index contributed by atoms with van der Waals surface area (Å²) < 4.78 is 7.73. The third-order valence-corrected chi connectivity index (χ3v) is 3.90. The van der Waals surface area contributed by atoms with E-state index in [4.69, 9.17) is 16.3 Å². The van der Waals surface area contributed by atoms with E-state index in [0.29, 0.717) is 5.28 Å². The van der Waals surface area contributed by atoms with E-state index >= 15 is 0 Å². The maximum Gasteiger partial charge on any atom is 0.225 e. The highest BCUT2D eigenvalue weighted by Crippen LogP contribution is 2.38. The molecule has 2 unspecified atom stereocenters. The maximum atomic E-state index is 6.22. The predicted molar refractivity (Wildman–Crippen MR) is 67.4 cm³/mol. The van der Waals surface area contributed by atoms with Crippen molar-refractivity contribution in [2.24, 2.45) is 0 Å². The summed E-state index contributed by atoms with van der Waals surface area (Å²) >= 11 is 6.22. The summed E-state index contributed by atoms with van der Waals surface area (Å²) in [5.41, 5.74) is -0.228. The zero-order valence-corrected chi connectivity index (χ0v) is 11.9. The molecule has 5 heteroatoms. The monoisotopic (exact) mass is 257 g/mol. The Kier molecular flexibility index (Phi) is 2.99. The lowest BCUT2D eigenvalue weighted by molar-refractivity contribution is 0.0736. The molecular formula is C12H20ClN3O. The molecule has 1 aromatic heterocycles. The summed E-state index contributed by atoms with van der Waals surface area (Å²) in [7, 11) is 0. The molecule has 0 radical (unpaired) electrons. The van der Waals surface area contributed by atoms with Gasteiger partial charge in [-0.2, -0.15) is 0 Å². The Morgan fingerprint density at radius 3 is 2.53 bits per heavy atom. The van der Waals surface area contributed by atoms with Crippen molar-refractivity contribution < 1.29 is 4.74 Å². The summed E-state index contributed by atoms with van der Waals surface area (Å²) in [4.78, 5) is 0. The first-order chi connectivity index (χ1) is 7.77. The Balaban J connectivity index is 2.55. The average molecular weight is 258 g/mol. The minimum atomic E-state index is -0.150. The average Bonchev–Trinajstić information content (AvgIpc) is 2.72. The van der Waals surface area contributed by atoms with Crippen molar-refractivity contribution in [3.05, 3.63) is 11.1 Å². The quantitative estimate of drug-likeness (QED) is 0.777. The Hall–Kier alpha value is -0.610. The molecule has 0 aromatic carbocycles. The van der Waals surface area contributed by atoms with Gasteiger partial charge in [0.1, 0.15) is 5.82 Å². The number of ether oxygens (including phenoxy) is 1. The standard InChI is InChI=1S/C12H20ClN3O/c1-8-12(5,6-7-17-8)16-9(11(2,3)4)14-15-10(16)13/h8H,6-7H2,1-5H3. The first-order valence-electron chi connectivity index (χ1n) is 6.00. The largest absolute Gasteiger partial charge is 0.376 e. The second-order valence-electron chi connectivity index (χ2n) is 6.00. The van der Waals surface area contributed by atoms with Crippen LogP contribution in [-0.2, 0) is 15.7 Å². The van der Waals surface area contributed by atoms with Gasteiger partial charge in [-0.25, -0.2) is 0 Å². The van der Waals surface area contributed by atoms with Gasteiger partial charge in [-0.15, -0.1) is 10.2 Å². The Morgan fingerprint density at radius 1 is 1.41 bits per heavy atom. The fourth-order valence-corrected chi connectivity index (χ4v) is 2.63. The molecule has 1 aromatic rings. The SMILES string of the molecule is CC1OCCC1(C)n1c(Cl)nnc1C(C)(C)C. The highest BCUT2D eigenvalue weighted by molar-refractivity contribution is 6.28. The summed E-state index contributed by atoms with van der Waals surface area (Å²) in [6.07, 6.45) is 1.06. The molecule has 0 aliphatic carbocycles. The first kappa shape index (κ1) is 12.8. The van der Waals surface area contributed by atoms with Gasteiger partial charge in [0.2, 0.25) is 5.28 Å². The van der Waals surface area contributed by atoms with E-state index in [1.54, 1.807) is 0 Å². The number of hydrogen-bond acceptors (Lipinski definition) is 3. The van der Waals surface area contributed by atoms with Crippen LogP contribution in [0.3, 0.4) is 0 Å². The van der Waals surface area contributed by atoms with Gasteiger partial charge in [0, 0.05) is 12.0 Å². The fraction of sp³-hybridized carbons (Fsp3) is 0.833. The zero-order valence-electron chi connectivity index (χ0n) is 11.1. The van der Waals surface area contributed by atoms with Crippen molar-refractivity contribution in [2.75, 3.05) is 6.61 Å². The van der Waals surface area contributed by atoms with E-state index in [-0.39, 0.29) is 17.1 Å². The molecular weight excluding hydrogens is 238 g/mol. The summed E-state index contributed by atoms with van der Waals surface area (Å²) in [6.45, 7) is 11.4. The highest BCUT2D eigenvalue weighted by atomic mass is 35.5. The molecule has 2 heterocycles. The van der Waals surface area contributed by atoms with Crippen molar-refractivity contribution >= 4 is 11.6 Å². The van der Waals surface area contributed by atoms with Crippen LogP contribution in [0.25, 0.3) is 0 Å². The van der Waals surface area contributed by atoms with Crippen LogP contribution in [0.15, 0.2) is 0 Å². The molecule has 4 nitrogen and oxygen atoms in total. The molecule has 0 spiro atoms. The van der Waals surface area contributed by atoms with Crippen molar-refractivity contribution in [3.8, 4) is 0 Å². The molecule has 1 saturated heterocycles. The van der Waals surface area contributed by atoms with Crippen LogP contribution in [0.1, 0.15) is 46.9 Å².